The summed E-state index contributed by atoms with van der Waals surface area (Å²) in [6.45, 7) is 6.23. The molecule has 0 aliphatic rings. The van der Waals surface area contributed by atoms with Gasteiger partial charge in [0.15, 0.2) is 0 Å². The largest absolute Gasteiger partial charge is 0.383 e. The van der Waals surface area contributed by atoms with Crippen LogP contribution in [-0.4, -0.2) is 10.8 Å². The monoisotopic (exact) mass is 197 g/mol. The summed E-state index contributed by atoms with van der Waals surface area (Å²) in [4.78, 5) is 5.29. The molecule has 72 valence electrons. The van der Waals surface area contributed by atoms with Gasteiger partial charge < -0.3 is 5.73 Å². The number of aromatic nitrogens is 1. The Balaban J connectivity index is 3.11. The second-order valence-electron chi connectivity index (χ2n) is 3.25. The Morgan fingerprint density at radius 1 is 1.62 bits per heavy atom. The van der Waals surface area contributed by atoms with Gasteiger partial charge in [0.05, 0.1) is 15.6 Å². The number of amidine groups is 1. The minimum absolute atomic E-state index is 0.140. The van der Waals surface area contributed by atoms with Crippen LogP contribution in [0.4, 0.5) is 0 Å². The molecule has 1 aromatic heterocycles. The van der Waals surface area contributed by atoms with E-state index in [1.165, 1.54) is 11.3 Å². The van der Waals surface area contributed by atoms with Gasteiger partial charge in [-0.25, -0.2) is 4.98 Å². The zero-order chi connectivity index (χ0) is 10.0. The van der Waals surface area contributed by atoms with Crippen molar-refractivity contribution in [1.29, 1.82) is 5.41 Å². The smallest absolute Gasteiger partial charge is 0.135 e. The molecule has 0 spiro atoms. The van der Waals surface area contributed by atoms with E-state index >= 15 is 0 Å². The normalized spacial score (nSPS) is 10.8. The molecule has 0 saturated carbocycles. The third kappa shape index (κ3) is 2.06. The molecule has 0 unspecified atom stereocenters. The van der Waals surface area contributed by atoms with Crippen LogP contribution in [0.3, 0.4) is 0 Å². The van der Waals surface area contributed by atoms with E-state index in [2.05, 4.69) is 18.8 Å². The molecule has 1 aromatic rings. The van der Waals surface area contributed by atoms with E-state index in [9.17, 15) is 0 Å². The maximum Gasteiger partial charge on any atom is 0.135 e. The molecule has 3 nitrogen and oxygen atoms in total. The molecule has 0 aliphatic carbocycles. The number of hydrogen-bond acceptors (Lipinski definition) is 3. The van der Waals surface area contributed by atoms with Crippen molar-refractivity contribution >= 4 is 17.2 Å². The van der Waals surface area contributed by atoms with Crippen molar-refractivity contribution < 1.29 is 0 Å². The summed E-state index contributed by atoms with van der Waals surface area (Å²) in [7, 11) is 0. The lowest BCUT2D eigenvalue weighted by atomic mass is 10.2. The van der Waals surface area contributed by atoms with E-state index in [4.69, 9.17) is 11.1 Å². The Bertz CT molecular complexity index is 315. The number of nitrogens with one attached hydrogen (secondary N) is 1. The maximum absolute atomic E-state index is 7.38. The van der Waals surface area contributed by atoms with Crippen molar-refractivity contribution in [3.05, 3.63) is 15.6 Å². The molecule has 1 rings (SSSR count). The molecule has 0 aliphatic heterocycles. The van der Waals surface area contributed by atoms with Gasteiger partial charge in [-0.05, 0) is 6.42 Å². The Morgan fingerprint density at radius 3 is 2.54 bits per heavy atom. The fourth-order valence-electron chi connectivity index (χ4n) is 1.07. The average Bonchev–Trinajstić information content (AvgIpc) is 2.47. The minimum atomic E-state index is 0.140. The van der Waals surface area contributed by atoms with E-state index < -0.39 is 0 Å². The highest BCUT2D eigenvalue weighted by Crippen LogP contribution is 2.24. The fraction of sp³-hybridized carbons (Fsp3) is 0.556. The van der Waals surface area contributed by atoms with Crippen LogP contribution in [0.2, 0.25) is 0 Å². The van der Waals surface area contributed by atoms with Gasteiger partial charge in [0.25, 0.3) is 0 Å². The predicted molar refractivity (Wildman–Crippen MR) is 56.6 cm³/mol. The number of thiazole rings is 1. The average molecular weight is 197 g/mol. The lowest BCUT2D eigenvalue weighted by Gasteiger charge is -1.95. The molecule has 0 atom stereocenters. The number of hydrogen-bond donors (Lipinski definition) is 2. The summed E-state index contributed by atoms with van der Waals surface area (Å²) < 4.78 is 0. The molecule has 0 amide bonds. The zero-order valence-electron chi connectivity index (χ0n) is 8.22. The van der Waals surface area contributed by atoms with Crippen molar-refractivity contribution in [3.63, 3.8) is 0 Å². The number of nitrogens with zero attached hydrogens (tertiary/aromatic N) is 1. The SMILES string of the molecule is CCc1nc(C(C)C)sc1C(=N)N. The highest BCUT2D eigenvalue weighted by atomic mass is 32.1. The predicted octanol–water partition coefficient (Wildman–Crippen LogP) is 2.11. The van der Waals surface area contributed by atoms with Crippen LogP contribution in [0.1, 0.15) is 42.3 Å². The standard InChI is InChI=1S/C9H15N3S/c1-4-6-7(8(10)11)13-9(12-6)5(2)3/h5H,4H2,1-3H3,(H3,10,11). The van der Waals surface area contributed by atoms with Crippen LogP contribution in [0.25, 0.3) is 0 Å². The van der Waals surface area contributed by atoms with Gasteiger partial charge in [-0.15, -0.1) is 11.3 Å². The van der Waals surface area contributed by atoms with Gasteiger partial charge in [-0.2, -0.15) is 0 Å². The molecule has 0 aromatic carbocycles. The Morgan fingerprint density at radius 2 is 2.23 bits per heavy atom. The first-order chi connectivity index (χ1) is 6.06. The summed E-state index contributed by atoms with van der Waals surface area (Å²) in [5.74, 6) is 0.560. The first-order valence-electron chi connectivity index (χ1n) is 4.40. The summed E-state index contributed by atoms with van der Waals surface area (Å²) in [5.41, 5.74) is 6.42. The molecule has 13 heavy (non-hydrogen) atoms. The highest BCUT2D eigenvalue weighted by molar-refractivity contribution is 7.13. The summed E-state index contributed by atoms with van der Waals surface area (Å²) in [5, 5.41) is 8.45. The molecule has 1 heterocycles. The van der Waals surface area contributed by atoms with Gasteiger partial charge in [-0.3, -0.25) is 5.41 Å². The van der Waals surface area contributed by atoms with Crippen molar-refractivity contribution in [2.75, 3.05) is 0 Å². The first-order valence-corrected chi connectivity index (χ1v) is 5.21. The second-order valence-corrected chi connectivity index (χ2v) is 4.28. The quantitative estimate of drug-likeness (QED) is 0.576. The first kappa shape index (κ1) is 10.2. The van der Waals surface area contributed by atoms with Crippen molar-refractivity contribution in [2.45, 2.75) is 33.1 Å². The molecule has 0 saturated heterocycles. The van der Waals surface area contributed by atoms with Crippen LogP contribution in [0.15, 0.2) is 0 Å². The van der Waals surface area contributed by atoms with E-state index in [-0.39, 0.29) is 5.84 Å². The lowest BCUT2D eigenvalue weighted by Crippen LogP contribution is -2.11. The number of nitrogens with two attached hydrogens (primary N) is 1. The molecule has 0 bridgehead atoms. The Labute approximate surface area is 82.5 Å². The molecular formula is C9H15N3S. The van der Waals surface area contributed by atoms with Crippen molar-refractivity contribution in [1.82, 2.24) is 4.98 Å². The van der Waals surface area contributed by atoms with E-state index in [0.29, 0.717) is 5.92 Å². The summed E-state index contributed by atoms with van der Waals surface area (Å²) >= 11 is 1.54. The topological polar surface area (TPSA) is 62.8 Å². The molecular weight excluding hydrogens is 182 g/mol. The molecule has 3 N–H and O–H groups in total. The van der Waals surface area contributed by atoms with Crippen molar-refractivity contribution in [2.24, 2.45) is 5.73 Å². The van der Waals surface area contributed by atoms with Crippen LogP contribution in [0, 0.1) is 5.41 Å². The Hall–Kier alpha value is -0.900. The molecule has 4 heteroatoms. The van der Waals surface area contributed by atoms with E-state index in [1.807, 2.05) is 6.92 Å². The fourth-order valence-corrected chi connectivity index (χ4v) is 2.09. The second kappa shape index (κ2) is 3.87. The maximum atomic E-state index is 7.38. The van der Waals surface area contributed by atoms with Gasteiger partial charge >= 0.3 is 0 Å². The number of rotatable bonds is 3. The van der Waals surface area contributed by atoms with E-state index in [0.717, 1.165) is 22.0 Å². The number of nitrogen functional groups attached to an aromatic ring is 1. The van der Waals surface area contributed by atoms with E-state index in [1.54, 1.807) is 0 Å². The lowest BCUT2D eigenvalue weighted by molar-refractivity contribution is 0.840. The van der Waals surface area contributed by atoms with Crippen LogP contribution in [-0.2, 0) is 6.42 Å². The highest BCUT2D eigenvalue weighted by Gasteiger charge is 2.13. The third-order valence-corrected chi connectivity index (χ3v) is 3.22. The van der Waals surface area contributed by atoms with Crippen LogP contribution < -0.4 is 5.73 Å². The zero-order valence-corrected chi connectivity index (χ0v) is 9.03. The molecule has 0 radical (unpaired) electrons. The Kier molecular flexibility index (Phi) is 3.03. The number of aryl methyl sites for hydroxylation is 1. The van der Waals surface area contributed by atoms with Crippen LogP contribution in [0.5, 0.6) is 0 Å². The third-order valence-electron chi connectivity index (χ3n) is 1.79. The van der Waals surface area contributed by atoms with Crippen LogP contribution >= 0.6 is 11.3 Å². The van der Waals surface area contributed by atoms with Gasteiger partial charge in [0.2, 0.25) is 0 Å². The summed E-state index contributed by atoms with van der Waals surface area (Å²) in [6.07, 6.45) is 0.845. The molecule has 0 fully saturated rings. The van der Waals surface area contributed by atoms with Gasteiger partial charge in [0.1, 0.15) is 5.84 Å². The van der Waals surface area contributed by atoms with Gasteiger partial charge in [-0.1, -0.05) is 20.8 Å². The van der Waals surface area contributed by atoms with Gasteiger partial charge in [0, 0.05) is 5.92 Å². The minimum Gasteiger partial charge on any atom is -0.383 e. The van der Waals surface area contributed by atoms with Crippen molar-refractivity contribution in [3.8, 4) is 0 Å². The summed E-state index contributed by atoms with van der Waals surface area (Å²) in [6, 6.07) is 0.